The van der Waals surface area contributed by atoms with Crippen LogP contribution in [0.3, 0.4) is 0 Å². The van der Waals surface area contributed by atoms with E-state index < -0.39 is 0 Å². The third-order valence-electron chi connectivity index (χ3n) is 10.7. The van der Waals surface area contributed by atoms with Crippen molar-refractivity contribution in [1.82, 2.24) is 30.6 Å². The van der Waals surface area contributed by atoms with Gasteiger partial charge in [0.1, 0.15) is 0 Å². The molecule has 3 aromatic heterocycles. The molecule has 0 saturated carbocycles. The summed E-state index contributed by atoms with van der Waals surface area (Å²) in [7, 11) is 0. The van der Waals surface area contributed by atoms with E-state index in [4.69, 9.17) is 9.97 Å². The van der Waals surface area contributed by atoms with Gasteiger partial charge in [0.25, 0.3) is 0 Å². The molecule has 4 aromatic rings. The summed E-state index contributed by atoms with van der Waals surface area (Å²) >= 11 is 0. The number of nitrogens with one attached hydrogen (secondary N) is 4. The van der Waals surface area contributed by atoms with Crippen LogP contribution in [0.5, 0.6) is 0 Å². The zero-order chi connectivity index (χ0) is 35.1. The number of aromatic amines is 2. The Morgan fingerprint density at radius 1 is 0.540 bits per heavy atom. The molecule has 1 aromatic carbocycles. The summed E-state index contributed by atoms with van der Waals surface area (Å²) in [5.41, 5.74) is 18.9. The maximum Gasteiger partial charge on any atom is 0.220 e. The predicted octanol–water partition coefficient (Wildman–Crippen LogP) is 8.42. The lowest BCUT2D eigenvalue weighted by atomic mass is 10.00. The molecule has 6 aliphatic rings. The number of hydrogen-bond donors (Lipinski definition) is 4. The highest BCUT2D eigenvalue weighted by Gasteiger charge is 2.22. The van der Waals surface area contributed by atoms with E-state index in [1.807, 2.05) is 24.3 Å². The summed E-state index contributed by atoms with van der Waals surface area (Å²) in [5.74, 6) is -0.00548. The number of aromatic nitrogens is 4. The largest absolute Gasteiger partial charge is 0.355 e. The number of hydrogen-bond acceptors (Lipinski definition) is 4. The molecule has 8 heteroatoms. The molecule has 0 unspecified atom stereocenters. The Morgan fingerprint density at radius 3 is 1.30 bits per heavy atom. The fraction of sp³-hybridized carbons (Fsp3) is 0.333. The zero-order valence-corrected chi connectivity index (χ0v) is 30.0. The van der Waals surface area contributed by atoms with Gasteiger partial charge in [-0.1, -0.05) is 38.1 Å². The van der Waals surface area contributed by atoms with Crippen LogP contribution in [-0.4, -0.2) is 31.8 Å². The molecule has 0 atom stereocenters. The summed E-state index contributed by atoms with van der Waals surface area (Å²) in [5, 5.41) is 6.20. The Labute approximate surface area is 293 Å². The van der Waals surface area contributed by atoms with Crippen molar-refractivity contribution in [2.24, 2.45) is 0 Å². The van der Waals surface area contributed by atoms with E-state index in [-0.39, 0.29) is 11.8 Å². The lowest BCUT2D eigenvalue weighted by Gasteiger charge is -2.09. The molecule has 256 valence electrons. The van der Waals surface area contributed by atoms with Gasteiger partial charge in [0.2, 0.25) is 11.8 Å². The number of rotatable bonds is 2. The van der Waals surface area contributed by atoms with Gasteiger partial charge in [0.15, 0.2) is 0 Å². The summed E-state index contributed by atoms with van der Waals surface area (Å²) in [4.78, 5) is 44.2. The average molecular weight is 667 g/mol. The predicted molar refractivity (Wildman–Crippen MR) is 203 cm³/mol. The van der Waals surface area contributed by atoms with Crippen molar-refractivity contribution in [2.45, 2.75) is 93.2 Å². The minimum Gasteiger partial charge on any atom is -0.355 e. The van der Waals surface area contributed by atoms with Crippen LogP contribution >= 0.6 is 0 Å². The second-order valence-corrected chi connectivity index (χ2v) is 13.7. The molecular formula is C42H46N6O2. The van der Waals surface area contributed by atoms with Gasteiger partial charge in [-0.3, -0.25) is 9.59 Å². The molecule has 0 saturated heterocycles. The summed E-state index contributed by atoms with van der Waals surface area (Å²) in [6.07, 6.45) is 3.58. The van der Waals surface area contributed by atoms with Crippen molar-refractivity contribution < 1.29 is 9.59 Å². The fourth-order valence-corrected chi connectivity index (χ4v) is 7.59. The Morgan fingerprint density at radius 2 is 0.920 bits per heavy atom. The number of H-pyrrole nitrogens is 2. The van der Waals surface area contributed by atoms with Gasteiger partial charge in [0, 0.05) is 48.0 Å². The number of carbonyl (C=O) groups excluding carboxylic acids is 2. The first kappa shape index (κ1) is 33.3. The van der Waals surface area contributed by atoms with Crippen molar-refractivity contribution in [3.8, 4) is 0 Å². The minimum atomic E-state index is -0.00274. The molecule has 2 amide bonds. The maximum atomic E-state index is 13.2. The Kier molecular flexibility index (Phi) is 9.03. The van der Waals surface area contributed by atoms with E-state index in [1.165, 1.54) is 22.3 Å². The smallest absolute Gasteiger partial charge is 0.220 e. The topological polar surface area (TPSA) is 116 Å². The molecule has 10 rings (SSSR count). The summed E-state index contributed by atoms with van der Waals surface area (Å²) < 4.78 is 0. The highest BCUT2D eigenvalue weighted by atomic mass is 16.2. The quantitative estimate of drug-likeness (QED) is 0.172. The standard InChI is InChI=1S/C42H46N6O2/c1-7-29-23(3)33-19-39-32-14-16-42(50)44-22-28-11-9-27(10-12-28)21-43-41(49)15-13-31-25(5)35(17-37(29)45-33)47-40(31)20-34-24(4)30(8-2)38(46-34)18-36(48-39)26(32)6/h9-12,17-20,45-46H,7-8,13-16,21-22H2,1-6H3,(H,43,49)(H,44,50). The maximum absolute atomic E-state index is 13.2. The lowest BCUT2D eigenvalue weighted by molar-refractivity contribution is -0.122. The van der Waals surface area contributed by atoms with Crippen LogP contribution in [0.2, 0.25) is 0 Å². The first-order valence-electron chi connectivity index (χ1n) is 17.9. The highest BCUT2D eigenvalue weighted by molar-refractivity contribution is 5.96. The van der Waals surface area contributed by atoms with Crippen molar-refractivity contribution in [2.75, 3.05) is 0 Å². The van der Waals surface area contributed by atoms with Gasteiger partial charge < -0.3 is 20.6 Å². The molecule has 0 radical (unpaired) electrons. The number of amides is 2. The van der Waals surface area contributed by atoms with E-state index in [1.54, 1.807) is 0 Å². The van der Waals surface area contributed by atoms with Crippen LogP contribution in [0.15, 0.2) is 48.5 Å². The van der Waals surface area contributed by atoms with Crippen molar-refractivity contribution in [3.05, 3.63) is 105 Å². The fourth-order valence-electron chi connectivity index (χ4n) is 7.59. The van der Waals surface area contributed by atoms with Gasteiger partial charge in [-0.25, -0.2) is 9.97 Å². The van der Waals surface area contributed by atoms with Crippen LogP contribution in [0.4, 0.5) is 0 Å². The van der Waals surface area contributed by atoms with E-state index in [9.17, 15) is 9.59 Å². The number of benzene rings is 1. The number of carbonyl (C=O) groups is 2. The molecule has 9 heterocycles. The van der Waals surface area contributed by atoms with Crippen molar-refractivity contribution in [1.29, 1.82) is 0 Å². The second-order valence-electron chi connectivity index (χ2n) is 13.7. The molecular weight excluding hydrogens is 621 g/mol. The van der Waals surface area contributed by atoms with E-state index in [2.05, 4.69) is 86.4 Å². The van der Waals surface area contributed by atoms with Gasteiger partial charge in [-0.2, -0.15) is 0 Å². The first-order chi connectivity index (χ1) is 24.1. The molecule has 0 fully saturated rings. The van der Waals surface area contributed by atoms with Crippen LogP contribution < -0.4 is 10.6 Å². The summed E-state index contributed by atoms with van der Waals surface area (Å²) in [6, 6.07) is 16.6. The Hall–Kier alpha value is -5.24. The lowest BCUT2D eigenvalue weighted by Crippen LogP contribution is -2.23. The average Bonchev–Trinajstić information content (AvgIpc) is 3.77. The van der Waals surface area contributed by atoms with E-state index in [0.717, 1.165) is 91.1 Å². The van der Waals surface area contributed by atoms with Gasteiger partial charge in [-0.15, -0.1) is 0 Å². The monoisotopic (exact) mass is 666 g/mol. The number of nitrogens with zero attached hydrogens (tertiary/aromatic N) is 2. The van der Waals surface area contributed by atoms with Crippen LogP contribution in [0.1, 0.15) is 110 Å². The van der Waals surface area contributed by atoms with Crippen LogP contribution in [0, 0.1) is 13.8 Å². The molecule has 4 N–H and O–H groups in total. The zero-order valence-electron chi connectivity index (χ0n) is 30.0. The van der Waals surface area contributed by atoms with Crippen molar-refractivity contribution in [3.63, 3.8) is 0 Å². The van der Waals surface area contributed by atoms with E-state index >= 15 is 0 Å². The van der Waals surface area contributed by atoms with Crippen molar-refractivity contribution >= 4 is 56.2 Å². The Bertz CT molecular complexity index is 2110. The number of allylic oxidation sites excluding steroid dienone is 4. The molecule has 12 bridgehead atoms. The molecule has 8 nitrogen and oxygen atoms in total. The van der Waals surface area contributed by atoms with Crippen LogP contribution in [-0.2, 0) is 35.5 Å². The molecule has 0 spiro atoms. The minimum absolute atomic E-state index is 0.00274. The van der Waals surface area contributed by atoms with Crippen LogP contribution in [0.25, 0.3) is 44.4 Å². The third-order valence-corrected chi connectivity index (χ3v) is 10.7. The number of aryl methyl sites for hydroxylation is 4. The SMILES string of the molecule is CCc1c(C)c2cc3nc4cc5[nH]c(cc6nc(cc1[nH]2)C(C)=C6CCC(=O)NCc1ccc(cc1)CNC(=O)CCC3=C4C)c(C)c5CC. The van der Waals surface area contributed by atoms with Gasteiger partial charge in [0.05, 0.1) is 22.8 Å². The third kappa shape index (κ3) is 6.30. The molecule has 50 heavy (non-hydrogen) atoms. The molecule has 0 aliphatic carbocycles. The highest BCUT2D eigenvalue weighted by Crippen LogP contribution is 2.37. The summed E-state index contributed by atoms with van der Waals surface area (Å²) in [6.45, 7) is 13.8. The van der Waals surface area contributed by atoms with Gasteiger partial charge in [-0.05, 0) is 133 Å². The van der Waals surface area contributed by atoms with E-state index in [0.29, 0.717) is 38.8 Å². The molecule has 6 aliphatic heterocycles. The Balaban J connectivity index is 1.49. The normalized spacial score (nSPS) is 15.7. The second kappa shape index (κ2) is 13.6. The first-order valence-corrected chi connectivity index (χ1v) is 17.9. The van der Waals surface area contributed by atoms with Gasteiger partial charge >= 0.3 is 0 Å².